The first-order valence-corrected chi connectivity index (χ1v) is 3.93. The highest BCUT2D eigenvalue weighted by atomic mass is 35.5. The number of rotatable bonds is 1. The van der Waals surface area contributed by atoms with Gasteiger partial charge in [-0.2, -0.15) is 13.2 Å². The van der Waals surface area contributed by atoms with Crippen molar-refractivity contribution >= 4 is 24.2 Å². The number of benzene rings is 1. The Hall–Kier alpha value is -0.715. The zero-order valence-corrected chi connectivity index (χ0v) is 7.47. The normalized spacial score (nSPS) is 11.6. The number of alkyl halides is 3. The Labute approximate surface area is 83.1 Å². The summed E-state index contributed by atoms with van der Waals surface area (Å²) in [5.74, 6) is 0. The molecule has 0 saturated heterocycles. The van der Waals surface area contributed by atoms with E-state index in [0.29, 0.717) is 0 Å². The first-order valence-electron chi connectivity index (χ1n) is 3.56. The van der Waals surface area contributed by atoms with Crippen LogP contribution in [0.2, 0.25) is 5.02 Å². The van der Waals surface area contributed by atoms with Crippen molar-refractivity contribution in [1.82, 2.24) is 0 Å². The lowest BCUT2D eigenvalue weighted by atomic mass is 9.79. The van der Waals surface area contributed by atoms with Crippen molar-refractivity contribution in [2.75, 3.05) is 0 Å². The van der Waals surface area contributed by atoms with Gasteiger partial charge in [-0.3, -0.25) is 0 Å². The Morgan fingerprint density at radius 3 is 2.21 bits per heavy atom. The molecule has 0 atom stereocenters. The van der Waals surface area contributed by atoms with E-state index in [9.17, 15) is 13.2 Å². The molecule has 1 aromatic carbocycles. The molecule has 2 N–H and O–H groups in total. The molecule has 14 heavy (non-hydrogen) atoms. The summed E-state index contributed by atoms with van der Waals surface area (Å²) < 4.78 is 36.7. The zero-order chi connectivity index (χ0) is 10.9. The van der Waals surface area contributed by atoms with Crippen molar-refractivity contribution < 1.29 is 23.2 Å². The van der Waals surface area contributed by atoms with Crippen LogP contribution in [0.1, 0.15) is 5.56 Å². The van der Waals surface area contributed by atoms with Crippen LogP contribution in [0.15, 0.2) is 18.2 Å². The Kier molecular flexibility index (Phi) is 3.09. The van der Waals surface area contributed by atoms with Crippen molar-refractivity contribution in [1.29, 1.82) is 0 Å². The molecule has 2 nitrogen and oxygen atoms in total. The summed E-state index contributed by atoms with van der Waals surface area (Å²) in [7, 11) is -2.01. The van der Waals surface area contributed by atoms with Gasteiger partial charge in [-0.15, -0.1) is 0 Å². The summed E-state index contributed by atoms with van der Waals surface area (Å²) >= 11 is 5.35. The van der Waals surface area contributed by atoms with Gasteiger partial charge in [0.15, 0.2) is 0 Å². The van der Waals surface area contributed by atoms with Crippen LogP contribution in [0.5, 0.6) is 0 Å². The molecule has 0 bridgehead atoms. The minimum atomic E-state index is -4.60. The molecule has 0 saturated carbocycles. The van der Waals surface area contributed by atoms with Gasteiger partial charge in [0.25, 0.3) is 0 Å². The molecule has 1 aromatic rings. The largest absolute Gasteiger partial charge is 0.489 e. The molecule has 0 aromatic heterocycles. The van der Waals surface area contributed by atoms with Gasteiger partial charge in [0.2, 0.25) is 0 Å². The quantitative estimate of drug-likeness (QED) is 0.700. The van der Waals surface area contributed by atoms with E-state index in [1.165, 1.54) is 0 Å². The molecule has 0 aliphatic heterocycles. The Morgan fingerprint density at radius 1 is 1.21 bits per heavy atom. The van der Waals surface area contributed by atoms with Gasteiger partial charge in [0.1, 0.15) is 0 Å². The maximum absolute atomic E-state index is 12.2. The van der Waals surface area contributed by atoms with Crippen molar-refractivity contribution in [2.24, 2.45) is 0 Å². The predicted octanol–water partition coefficient (Wildman–Crippen LogP) is 1.04. The zero-order valence-electron chi connectivity index (χ0n) is 6.72. The maximum atomic E-state index is 12.2. The summed E-state index contributed by atoms with van der Waals surface area (Å²) in [6, 6.07) is 2.94. The Balaban J connectivity index is 3.28. The average Bonchev–Trinajstić information content (AvgIpc) is 2.01. The van der Waals surface area contributed by atoms with Crippen molar-refractivity contribution in [3.05, 3.63) is 28.8 Å². The van der Waals surface area contributed by atoms with Gasteiger partial charge < -0.3 is 10.0 Å². The van der Waals surface area contributed by atoms with Gasteiger partial charge in [0, 0.05) is 5.46 Å². The summed E-state index contributed by atoms with van der Waals surface area (Å²) in [5, 5.41) is 16.7. The highest BCUT2D eigenvalue weighted by Crippen LogP contribution is 2.33. The molecule has 7 heteroatoms. The molecule has 0 aliphatic rings. The topological polar surface area (TPSA) is 40.5 Å². The van der Waals surface area contributed by atoms with E-state index in [1.54, 1.807) is 0 Å². The standard InChI is InChI=1S/C7H5BClF3O2/c9-6-4(7(10,11)12)2-1-3-5(6)8(13)14/h1-3,13-14H. The van der Waals surface area contributed by atoms with Crippen LogP contribution in [-0.2, 0) is 6.18 Å². The fourth-order valence-electron chi connectivity index (χ4n) is 0.968. The first kappa shape index (κ1) is 11.4. The van der Waals surface area contributed by atoms with E-state index < -0.39 is 23.9 Å². The van der Waals surface area contributed by atoms with E-state index >= 15 is 0 Å². The van der Waals surface area contributed by atoms with Crippen LogP contribution in [0.4, 0.5) is 13.2 Å². The highest BCUT2D eigenvalue weighted by Gasteiger charge is 2.35. The molecule has 0 fully saturated rings. The lowest BCUT2D eigenvalue weighted by Crippen LogP contribution is -2.32. The molecule has 0 unspecified atom stereocenters. The van der Waals surface area contributed by atoms with Gasteiger partial charge in [-0.05, 0) is 6.07 Å². The lowest BCUT2D eigenvalue weighted by Gasteiger charge is -2.11. The van der Waals surface area contributed by atoms with E-state index in [4.69, 9.17) is 21.6 Å². The number of halogens is 4. The smallest absolute Gasteiger partial charge is 0.423 e. The molecular formula is C7H5BClF3O2. The van der Waals surface area contributed by atoms with Crippen molar-refractivity contribution in [2.45, 2.75) is 6.18 Å². The molecule has 0 spiro atoms. The molecule has 0 amide bonds. The van der Waals surface area contributed by atoms with Crippen LogP contribution in [-0.4, -0.2) is 17.2 Å². The summed E-state index contributed by atoms with van der Waals surface area (Å²) in [5.41, 5.74) is -1.44. The van der Waals surface area contributed by atoms with E-state index in [-0.39, 0.29) is 5.46 Å². The summed E-state index contributed by atoms with van der Waals surface area (Å²) in [4.78, 5) is 0. The van der Waals surface area contributed by atoms with E-state index in [2.05, 4.69) is 0 Å². The van der Waals surface area contributed by atoms with Crippen LogP contribution >= 0.6 is 11.6 Å². The Morgan fingerprint density at radius 2 is 1.79 bits per heavy atom. The predicted molar refractivity (Wildman–Crippen MR) is 46.3 cm³/mol. The summed E-state index contributed by atoms with van der Waals surface area (Å²) in [6.07, 6.45) is -4.60. The van der Waals surface area contributed by atoms with Crippen molar-refractivity contribution in [3.63, 3.8) is 0 Å². The molecular weight excluding hydrogens is 219 g/mol. The lowest BCUT2D eigenvalue weighted by molar-refractivity contribution is -0.137. The Bertz CT molecular complexity index is 340. The van der Waals surface area contributed by atoms with Crippen molar-refractivity contribution in [3.8, 4) is 0 Å². The molecule has 76 valence electrons. The van der Waals surface area contributed by atoms with Crippen LogP contribution in [0.3, 0.4) is 0 Å². The minimum absolute atomic E-state index is 0.360. The SMILES string of the molecule is OB(O)c1cccc(C(F)(F)F)c1Cl. The number of hydrogen-bond donors (Lipinski definition) is 2. The fourth-order valence-corrected chi connectivity index (χ4v) is 1.30. The number of hydrogen-bond acceptors (Lipinski definition) is 2. The van der Waals surface area contributed by atoms with Crippen LogP contribution in [0.25, 0.3) is 0 Å². The van der Waals surface area contributed by atoms with Gasteiger partial charge in [-0.1, -0.05) is 23.7 Å². The third-order valence-corrected chi connectivity index (χ3v) is 2.03. The molecule has 0 heterocycles. The van der Waals surface area contributed by atoms with E-state index in [0.717, 1.165) is 18.2 Å². The van der Waals surface area contributed by atoms with Gasteiger partial charge >= 0.3 is 13.3 Å². The second-order valence-corrected chi connectivity index (χ2v) is 2.96. The first-order chi connectivity index (χ1) is 6.34. The second kappa shape index (κ2) is 3.80. The maximum Gasteiger partial charge on any atom is 0.489 e. The van der Waals surface area contributed by atoms with Gasteiger partial charge in [0.05, 0.1) is 10.6 Å². The molecule has 1 rings (SSSR count). The average molecular weight is 224 g/mol. The highest BCUT2D eigenvalue weighted by molar-refractivity contribution is 6.62. The summed E-state index contributed by atoms with van der Waals surface area (Å²) in [6.45, 7) is 0. The fraction of sp³-hybridized carbons (Fsp3) is 0.143. The van der Waals surface area contributed by atoms with Crippen LogP contribution < -0.4 is 5.46 Å². The third-order valence-electron chi connectivity index (χ3n) is 1.61. The molecule has 0 radical (unpaired) electrons. The third kappa shape index (κ3) is 2.20. The van der Waals surface area contributed by atoms with Crippen LogP contribution in [0, 0.1) is 0 Å². The monoisotopic (exact) mass is 224 g/mol. The molecule has 0 aliphatic carbocycles. The minimum Gasteiger partial charge on any atom is -0.423 e. The second-order valence-electron chi connectivity index (χ2n) is 2.58. The van der Waals surface area contributed by atoms with Gasteiger partial charge in [-0.25, -0.2) is 0 Å². The van der Waals surface area contributed by atoms with E-state index in [1.807, 2.05) is 0 Å².